The molecule has 0 amide bonds. The van der Waals surface area contributed by atoms with Gasteiger partial charge in [0.1, 0.15) is 0 Å². The molecule has 0 bridgehead atoms. The first-order chi connectivity index (χ1) is 6.86. The molecule has 0 aliphatic rings. The van der Waals surface area contributed by atoms with Crippen molar-refractivity contribution in [2.24, 2.45) is 5.73 Å². The molecule has 0 aliphatic heterocycles. The van der Waals surface area contributed by atoms with Crippen molar-refractivity contribution in [2.45, 2.75) is 12.6 Å². The van der Waals surface area contributed by atoms with E-state index in [0.29, 0.717) is 13.2 Å². The minimum atomic E-state index is 0.236. The van der Waals surface area contributed by atoms with E-state index in [-0.39, 0.29) is 6.04 Å². The van der Waals surface area contributed by atoms with Gasteiger partial charge in [-0.2, -0.15) is 0 Å². The molecule has 3 heteroatoms. The number of nitrogens with two attached hydrogens (primary N) is 1. The van der Waals surface area contributed by atoms with Gasteiger partial charge < -0.3 is 15.8 Å². The number of nitrogens with one attached hydrogen (secondary N) is 1. The van der Waals surface area contributed by atoms with E-state index in [1.165, 1.54) is 5.56 Å². The summed E-state index contributed by atoms with van der Waals surface area (Å²) < 4.78 is 5.04. The molecule has 1 aromatic carbocycles. The molecule has 0 heterocycles. The summed E-state index contributed by atoms with van der Waals surface area (Å²) in [5, 5.41) is 3.34. The maximum absolute atomic E-state index is 5.58. The van der Waals surface area contributed by atoms with Crippen molar-refractivity contribution in [1.82, 2.24) is 5.32 Å². The molecule has 0 fully saturated rings. The zero-order chi connectivity index (χ0) is 10.2. The number of methoxy groups -OCH3 is 1. The number of hydrogen-bond donors (Lipinski definition) is 2. The van der Waals surface area contributed by atoms with Crippen LogP contribution in [0.5, 0.6) is 0 Å². The lowest BCUT2D eigenvalue weighted by Crippen LogP contribution is -2.39. The standard InChI is InChI=1S/C11H18N2O/c1-14-9-11(7-12)13-8-10-5-3-2-4-6-10/h2-6,11,13H,7-9,12H2,1H3. The Balaban J connectivity index is 2.32. The summed E-state index contributed by atoms with van der Waals surface area (Å²) in [6.07, 6.45) is 0. The molecule has 0 aromatic heterocycles. The summed E-state index contributed by atoms with van der Waals surface area (Å²) >= 11 is 0. The van der Waals surface area contributed by atoms with Gasteiger partial charge in [-0.05, 0) is 5.56 Å². The minimum Gasteiger partial charge on any atom is -0.383 e. The summed E-state index contributed by atoms with van der Waals surface area (Å²) in [5.74, 6) is 0. The van der Waals surface area contributed by atoms with Gasteiger partial charge >= 0.3 is 0 Å². The maximum Gasteiger partial charge on any atom is 0.0628 e. The Hall–Kier alpha value is -0.900. The molecule has 0 saturated heterocycles. The van der Waals surface area contributed by atoms with Gasteiger partial charge in [-0.15, -0.1) is 0 Å². The molecule has 14 heavy (non-hydrogen) atoms. The van der Waals surface area contributed by atoms with Crippen LogP contribution in [0.4, 0.5) is 0 Å². The maximum atomic E-state index is 5.58. The fourth-order valence-electron chi connectivity index (χ4n) is 1.27. The Morgan fingerprint density at radius 1 is 1.36 bits per heavy atom. The molecule has 0 saturated carbocycles. The Morgan fingerprint density at radius 3 is 2.64 bits per heavy atom. The van der Waals surface area contributed by atoms with Crippen molar-refractivity contribution >= 4 is 0 Å². The fraction of sp³-hybridized carbons (Fsp3) is 0.455. The summed E-state index contributed by atoms with van der Waals surface area (Å²) in [6.45, 7) is 2.09. The lowest BCUT2D eigenvalue weighted by atomic mass is 10.2. The summed E-state index contributed by atoms with van der Waals surface area (Å²) in [4.78, 5) is 0. The van der Waals surface area contributed by atoms with Crippen molar-refractivity contribution < 1.29 is 4.74 Å². The number of rotatable bonds is 6. The largest absolute Gasteiger partial charge is 0.383 e. The van der Waals surface area contributed by atoms with Crippen LogP contribution in [-0.4, -0.2) is 26.3 Å². The second-order valence-corrected chi connectivity index (χ2v) is 3.25. The predicted molar refractivity (Wildman–Crippen MR) is 58.0 cm³/mol. The molecular weight excluding hydrogens is 176 g/mol. The molecule has 0 spiro atoms. The van der Waals surface area contributed by atoms with E-state index in [2.05, 4.69) is 17.4 Å². The van der Waals surface area contributed by atoms with Gasteiger partial charge in [-0.25, -0.2) is 0 Å². The molecule has 1 unspecified atom stereocenters. The Morgan fingerprint density at radius 2 is 2.07 bits per heavy atom. The second kappa shape index (κ2) is 6.54. The third-order valence-corrected chi connectivity index (χ3v) is 2.09. The van der Waals surface area contributed by atoms with Gasteiger partial charge in [-0.3, -0.25) is 0 Å². The molecule has 78 valence electrons. The number of hydrogen-bond acceptors (Lipinski definition) is 3. The molecule has 0 aliphatic carbocycles. The zero-order valence-corrected chi connectivity index (χ0v) is 8.57. The van der Waals surface area contributed by atoms with E-state index < -0.39 is 0 Å². The Kier molecular flexibility index (Phi) is 5.22. The third-order valence-electron chi connectivity index (χ3n) is 2.09. The van der Waals surface area contributed by atoms with Gasteiger partial charge in [0.15, 0.2) is 0 Å². The van der Waals surface area contributed by atoms with Crippen LogP contribution in [0.3, 0.4) is 0 Å². The number of benzene rings is 1. The Bertz CT molecular complexity index is 238. The van der Waals surface area contributed by atoms with Crippen molar-refractivity contribution in [1.29, 1.82) is 0 Å². The first kappa shape index (κ1) is 11.2. The van der Waals surface area contributed by atoms with Crippen molar-refractivity contribution in [2.75, 3.05) is 20.3 Å². The fourth-order valence-corrected chi connectivity index (χ4v) is 1.27. The highest BCUT2D eigenvalue weighted by Crippen LogP contribution is 1.97. The SMILES string of the molecule is COCC(CN)NCc1ccccc1. The van der Waals surface area contributed by atoms with E-state index in [1.54, 1.807) is 7.11 Å². The van der Waals surface area contributed by atoms with Crippen LogP contribution >= 0.6 is 0 Å². The first-order valence-electron chi connectivity index (χ1n) is 4.83. The van der Waals surface area contributed by atoms with Gasteiger partial charge in [0, 0.05) is 26.2 Å². The molecular formula is C11H18N2O. The Labute approximate surface area is 85.3 Å². The summed E-state index contributed by atoms with van der Waals surface area (Å²) in [6, 6.07) is 10.5. The van der Waals surface area contributed by atoms with E-state index in [4.69, 9.17) is 10.5 Å². The van der Waals surface area contributed by atoms with E-state index in [9.17, 15) is 0 Å². The van der Waals surface area contributed by atoms with E-state index >= 15 is 0 Å². The molecule has 1 atom stereocenters. The van der Waals surface area contributed by atoms with Crippen LogP contribution in [0, 0.1) is 0 Å². The third kappa shape index (κ3) is 3.87. The van der Waals surface area contributed by atoms with Crippen LogP contribution in [0.2, 0.25) is 0 Å². The van der Waals surface area contributed by atoms with Gasteiger partial charge in [0.2, 0.25) is 0 Å². The quantitative estimate of drug-likeness (QED) is 0.702. The summed E-state index contributed by atoms with van der Waals surface area (Å²) in [7, 11) is 1.69. The molecule has 1 aromatic rings. The van der Waals surface area contributed by atoms with Gasteiger partial charge in [0.25, 0.3) is 0 Å². The van der Waals surface area contributed by atoms with Crippen molar-refractivity contribution in [3.8, 4) is 0 Å². The molecule has 1 rings (SSSR count). The highest BCUT2D eigenvalue weighted by Gasteiger charge is 2.04. The molecule has 3 nitrogen and oxygen atoms in total. The zero-order valence-electron chi connectivity index (χ0n) is 8.57. The monoisotopic (exact) mass is 194 g/mol. The minimum absolute atomic E-state index is 0.236. The topological polar surface area (TPSA) is 47.3 Å². The van der Waals surface area contributed by atoms with Crippen LogP contribution in [0.25, 0.3) is 0 Å². The van der Waals surface area contributed by atoms with Crippen LogP contribution in [0.1, 0.15) is 5.56 Å². The lowest BCUT2D eigenvalue weighted by Gasteiger charge is -2.15. The molecule has 0 radical (unpaired) electrons. The van der Waals surface area contributed by atoms with E-state index in [1.807, 2.05) is 18.2 Å². The van der Waals surface area contributed by atoms with Crippen molar-refractivity contribution in [3.63, 3.8) is 0 Å². The lowest BCUT2D eigenvalue weighted by molar-refractivity contribution is 0.168. The summed E-state index contributed by atoms with van der Waals surface area (Å²) in [5.41, 5.74) is 6.85. The van der Waals surface area contributed by atoms with Gasteiger partial charge in [0.05, 0.1) is 6.61 Å². The second-order valence-electron chi connectivity index (χ2n) is 3.25. The highest BCUT2D eigenvalue weighted by molar-refractivity contribution is 5.14. The van der Waals surface area contributed by atoms with Gasteiger partial charge in [-0.1, -0.05) is 30.3 Å². The van der Waals surface area contributed by atoms with Crippen LogP contribution in [-0.2, 0) is 11.3 Å². The predicted octanol–water partition coefficient (Wildman–Crippen LogP) is 0.750. The number of ether oxygens (including phenoxy) is 1. The molecule has 3 N–H and O–H groups in total. The average molecular weight is 194 g/mol. The van der Waals surface area contributed by atoms with Crippen LogP contribution in [0.15, 0.2) is 30.3 Å². The van der Waals surface area contributed by atoms with Crippen molar-refractivity contribution in [3.05, 3.63) is 35.9 Å². The average Bonchev–Trinajstić information content (AvgIpc) is 2.25. The normalized spacial score (nSPS) is 12.7. The van der Waals surface area contributed by atoms with Crippen LogP contribution < -0.4 is 11.1 Å². The highest BCUT2D eigenvalue weighted by atomic mass is 16.5. The first-order valence-corrected chi connectivity index (χ1v) is 4.83. The smallest absolute Gasteiger partial charge is 0.0628 e. The van der Waals surface area contributed by atoms with E-state index in [0.717, 1.165) is 6.54 Å².